The SMILES string of the molecule is Cc1c(O)c(C)c(-c2cc3ccccc3o2)c(C)c1O. The van der Waals surface area contributed by atoms with E-state index in [1.165, 1.54) is 0 Å². The van der Waals surface area contributed by atoms with Gasteiger partial charge in [-0.2, -0.15) is 0 Å². The molecule has 0 aliphatic heterocycles. The largest absolute Gasteiger partial charge is 0.507 e. The second-order valence-corrected chi connectivity index (χ2v) is 5.10. The zero-order valence-corrected chi connectivity index (χ0v) is 11.7. The molecule has 0 saturated carbocycles. The zero-order valence-electron chi connectivity index (χ0n) is 11.7. The van der Waals surface area contributed by atoms with Crippen LogP contribution in [0.5, 0.6) is 11.5 Å². The highest BCUT2D eigenvalue weighted by Crippen LogP contribution is 2.42. The van der Waals surface area contributed by atoms with Crippen LogP contribution in [0.2, 0.25) is 0 Å². The Hall–Kier alpha value is -2.42. The number of hydrogen-bond acceptors (Lipinski definition) is 3. The predicted molar refractivity (Wildman–Crippen MR) is 79.2 cm³/mol. The average Bonchev–Trinajstić information content (AvgIpc) is 2.86. The minimum atomic E-state index is 0.114. The van der Waals surface area contributed by atoms with E-state index in [4.69, 9.17) is 4.42 Å². The van der Waals surface area contributed by atoms with Crippen molar-refractivity contribution in [2.45, 2.75) is 20.8 Å². The van der Waals surface area contributed by atoms with Gasteiger partial charge in [0.2, 0.25) is 0 Å². The van der Waals surface area contributed by atoms with Crippen LogP contribution in [0.25, 0.3) is 22.3 Å². The van der Waals surface area contributed by atoms with E-state index < -0.39 is 0 Å². The Morgan fingerprint density at radius 2 is 1.45 bits per heavy atom. The number of para-hydroxylation sites is 1. The van der Waals surface area contributed by atoms with Gasteiger partial charge in [-0.15, -0.1) is 0 Å². The first-order chi connectivity index (χ1) is 9.50. The van der Waals surface area contributed by atoms with Gasteiger partial charge in [0.1, 0.15) is 22.8 Å². The van der Waals surface area contributed by atoms with Crippen molar-refractivity contribution < 1.29 is 14.6 Å². The lowest BCUT2D eigenvalue weighted by atomic mass is 9.95. The van der Waals surface area contributed by atoms with Crippen molar-refractivity contribution in [1.29, 1.82) is 0 Å². The second-order valence-electron chi connectivity index (χ2n) is 5.10. The van der Waals surface area contributed by atoms with Crippen molar-refractivity contribution in [1.82, 2.24) is 0 Å². The molecule has 3 aromatic rings. The Bertz CT molecular complexity index is 750. The van der Waals surface area contributed by atoms with Crippen LogP contribution in [0.1, 0.15) is 16.7 Å². The molecule has 20 heavy (non-hydrogen) atoms. The van der Waals surface area contributed by atoms with Crippen LogP contribution in [0, 0.1) is 20.8 Å². The highest BCUT2D eigenvalue weighted by atomic mass is 16.3. The Morgan fingerprint density at radius 3 is 2.05 bits per heavy atom. The van der Waals surface area contributed by atoms with Gasteiger partial charge in [-0.05, 0) is 32.9 Å². The maximum Gasteiger partial charge on any atom is 0.136 e. The maximum absolute atomic E-state index is 10.1. The first-order valence-corrected chi connectivity index (χ1v) is 6.51. The molecular formula is C17H16O3. The van der Waals surface area contributed by atoms with Crippen LogP contribution in [-0.4, -0.2) is 10.2 Å². The van der Waals surface area contributed by atoms with Crippen LogP contribution in [0.15, 0.2) is 34.7 Å². The number of phenols is 2. The number of furan rings is 1. The molecule has 2 aromatic carbocycles. The fraction of sp³-hybridized carbons (Fsp3) is 0.176. The summed E-state index contributed by atoms with van der Waals surface area (Å²) in [5.74, 6) is 0.888. The van der Waals surface area contributed by atoms with Crippen LogP contribution >= 0.6 is 0 Å². The summed E-state index contributed by atoms with van der Waals surface area (Å²) in [6, 6.07) is 9.67. The Morgan fingerprint density at radius 1 is 0.850 bits per heavy atom. The van der Waals surface area contributed by atoms with E-state index in [2.05, 4.69) is 0 Å². The molecule has 0 saturated heterocycles. The van der Waals surface area contributed by atoms with Crippen LogP contribution in [-0.2, 0) is 0 Å². The normalized spacial score (nSPS) is 11.2. The molecule has 0 bridgehead atoms. The lowest BCUT2D eigenvalue weighted by molar-refractivity contribution is 0.438. The standard InChI is InChI=1S/C17H16O3/c1-9-15(10(2)17(19)11(3)16(9)18)14-8-12-6-4-5-7-13(12)20-14/h4-8,18-19H,1-3H3. The molecule has 0 aliphatic rings. The highest BCUT2D eigenvalue weighted by Gasteiger charge is 2.19. The summed E-state index contributed by atoms with van der Waals surface area (Å²) >= 11 is 0. The Kier molecular flexibility index (Phi) is 2.71. The fourth-order valence-electron chi connectivity index (χ4n) is 2.67. The van der Waals surface area contributed by atoms with E-state index in [9.17, 15) is 10.2 Å². The molecule has 3 heteroatoms. The van der Waals surface area contributed by atoms with Gasteiger partial charge >= 0.3 is 0 Å². The van der Waals surface area contributed by atoms with Crippen LogP contribution < -0.4 is 0 Å². The first kappa shape index (κ1) is 12.6. The van der Waals surface area contributed by atoms with E-state index in [0.29, 0.717) is 11.3 Å². The van der Waals surface area contributed by atoms with E-state index in [-0.39, 0.29) is 11.5 Å². The summed E-state index contributed by atoms with van der Waals surface area (Å²) in [7, 11) is 0. The number of aromatic hydroxyl groups is 2. The average molecular weight is 268 g/mol. The first-order valence-electron chi connectivity index (χ1n) is 6.51. The summed E-state index contributed by atoms with van der Waals surface area (Å²) in [5.41, 5.74) is 3.48. The molecule has 3 rings (SSSR count). The maximum atomic E-state index is 10.1. The van der Waals surface area contributed by atoms with Crippen molar-refractivity contribution in [3.05, 3.63) is 47.0 Å². The molecule has 0 amide bonds. The quantitative estimate of drug-likeness (QED) is 0.686. The van der Waals surface area contributed by atoms with Gasteiger partial charge in [0.05, 0.1) is 0 Å². The van der Waals surface area contributed by atoms with Crippen molar-refractivity contribution in [2.24, 2.45) is 0 Å². The second kappa shape index (κ2) is 4.30. The highest BCUT2D eigenvalue weighted by molar-refractivity contribution is 5.85. The van der Waals surface area contributed by atoms with Crippen molar-refractivity contribution in [3.8, 4) is 22.8 Å². The van der Waals surface area contributed by atoms with Gasteiger partial charge in [0, 0.05) is 27.6 Å². The summed E-state index contributed by atoms with van der Waals surface area (Å²) in [4.78, 5) is 0. The topological polar surface area (TPSA) is 53.6 Å². The van der Waals surface area contributed by atoms with Crippen LogP contribution in [0.3, 0.4) is 0 Å². The number of fused-ring (bicyclic) bond motifs is 1. The third-order valence-corrected chi connectivity index (χ3v) is 3.84. The summed E-state index contributed by atoms with van der Waals surface area (Å²) in [6.45, 7) is 5.36. The third-order valence-electron chi connectivity index (χ3n) is 3.84. The molecular weight excluding hydrogens is 252 g/mol. The Balaban J connectivity index is 2.34. The monoisotopic (exact) mass is 268 g/mol. The smallest absolute Gasteiger partial charge is 0.136 e. The number of hydrogen-bond donors (Lipinski definition) is 2. The number of rotatable bonds is 1. The van der Waals surface area contributed by atoms with Gasteiger partial charge in [0.25, 0.3) is 0 Å². The van der Waals surface area contributed by atoms with Gasteiger partial charge in [-0.1, -0.05) is 18.2 Å². The van der Waals surface area contributed by atoms with E-state index in [1.54, 1.807) is 6.92 Å². The fourth-order valence-corrected chi connectivity index (χ4v) is 2.67. The van der Waals surface area contributed by atoms with Gasteiger partial charge < -0.3 is 14.6 Å². The predicted octanol–water partition coefficient (Wildman–Crippen LogP) is 4.44. The van der Waals surface area contributed by atoms with Gasteiger partial charge in [-0.3, -0.25) is 0 Å². The zero-order chi connectivity index (χ0) is 14.4. The molecule has 0 unspecified atom stereocenters. The third kappa shape index (κ3) is 1.67. The molecule has 0 atom stereocenters. The molecule has 2 N–H and O–H groups in total. The van der Waals surface area contributed by atoms with Gasteiger partial charge in [-0.25, -0.2) is 0 Å². The minimum Gasteiger partial charge on any atom is -0.507 e. The molecule has 0 fully saturated rings. The number of phenolic OH excluding ortho intramolecular Hbond substituents is 2. The molecule has 0 radical (unpaired) electrons. The van der Waals surface area contributed by atoms with E-state index in [0.717, 1.165) is 27.7 Å². The molecule has 0 spiro atoms. The van der Waals surface area contributed by atoms with Crippen molar-refractivity contribution >= 4 is 11.0 Å². The lowest BCUT2D eigenvalue weighted by Gasteiger charge is -2.14. The molecule has 1 aromatic heterocycles. The molecule has 0 aliphatic carbocycles. The molecule has 3 nitrogen and oxygen atoms in total. The lowest BCUT2D eigenvalue weighted by Crippen LogP contribution is -1.92. The van der Waals surface area contributed by atoms with Crippen molar-refractivity contribution in [2.75, 3.05) is 0 Å². The number of benzene rings is 2. The van der Waals surface area contributed by atoms with E-state index in [1.807, 2.05) is 44.2 Å². The van der Waals surface area contributed by atoms with Gasteiger partial charge in [0.15, 0.2) is 0 Å². The van der Waals surface area contributed by atoms with E-state index >= 15 is 0 Å². The minimum absolute atomic E-state index is 0.114. The Labute approximate surface area is 117 Å². The van der Waals surface area contributed by atoms with Crippen LogP contribution in [0.4, 0.5) is 0 Å². The summed E-state index contributed by atoms with van der Waals surface area (Å²) < 4.78 is 5.84. The van der Waals surface area contributed by atoms with Crippen molar-refractivity contribution in [3.63, 3.8) is 0 Å². The summed E-state index contributed by atoms with van der Waals surface area (Å²) in [5, 5.41) is 21.3. The summed E-state index contributed by atoms with van der Waals surface area (Å²) in [6.07, 6.45) is 0. The molecule has 1 heterocycles. The molecule has 102 valence electrons.